The quantitative estimate of drug-likeness (QED) is 0.216. The Kier molecular flexibility index (Phi) is 9.06. The van der Waals surface area contributed by atoms with Gasteiger partial charge in [0, 0.05) is 24.7 Å². The van der Waals surface area contributed by atoms with Crippen molar-refractivity contribution in [2.24, 2.45) is 5.41 Å². The number of carbonyl (C=O) groups is 2. The second kappa shape index (κ2) is 13.1. The molecule has 1 fully saturated rings. The molecule has 0 aromatic heterocycles. The third kappa shape index (κ3) is 7.47. The van der Waals surface area contributed by atoms with Crippen LogP contribution in [0, 0.1) is 5.41 Å². The van der Waals surface area contributed by atoms with Crippen molar-refractivity contribution in [1.82, 2.24) is 10.2 Å². The Morgan fingerprint density at radius 1 is 0.762 bits per heavy atom. The van der Waals surface area contributed by atoms with Crippen molar-refractivity contribution in [1.29, 1.82) is 0 Å². The molecule has 4 aromatic rings. The largest absolute Gasteiger partial charge is 0.465 e. The van der Waals surface area contributed by atoms with E-state index in [1.165, 1.54) is 16.7 Å². The minimum absolute atomic E-state index is 0.0686. The Balaban J connectivity index is 1.16. The lowest BCUT2D eigenvalue weighted by molar-refractivity contribution is 0.0851. The van der Waals surface area contributed by atoms with Gasteiger partial charge < -0.3 is 15.3 Å². The molecule has 2 N–H and O–H groups in total. The van der Waals surface area contributed by atoms with Gasteiger partial charge in [-0.05, 0) is 83.0 Å². The van der Waals surface area contributed by atoms with Gasteiger partial charge in [-0.15, -0.1) is 0 Å². The van der Waals surface area contributed by atoms with Gasteiger partial charge in [0.2, 0.25) is 0 Å². The summed E-state index contributed by atoms with van der Waals surface area (Å²) in [5.41, 5.74) is 7.38. The number of carbonyl (C=O) groups excluding carboxylic acids is 1. The zero-order valence-electron chi connectivity index (χ0n) is 24.6. The number of nitrogens with one attached hydrogen (secondary N) is 1. The van der Waals surface area contributed by atoms with Gasteiger partial charge in [-0.25, -0.2) is 4.79 Å². The number of hydrogen-bond donors (Lipinski definition) is 2. The van der Waals surface area contributed by atoms with E-state index >= 15 is 0 Å². The number of amides is 2. The number of benzene rings is 4. The first-order valence-corrected chi connectivity index (χ1v) is 14.9. The molecular weight excluding hydrogens is 520 g/mol. The maximum atomic E-state index is 12.9. The van der Waals surface area contributed by atoms with Crippen LogP contribution in [0.15, 0.2) is 103 Å². The van der Waals surface area contributed by atoms with E-state index in [1.807, 2.05) is 66.7 Å². The van der Waals surface area contributed by atoms with Crippen LogP contribution in [0.1, 0.15) is 61.0 Å². The molecule has 4 aromatic carbocycles. The predicted molar refractivity (Wildman–Crippen MR) is 169 cm³/mol. The van der Waals surface area contributed by atoms with Gasteiger partial charge in [0.05, 0.1) is 0 Å². The first-order valence-electron chi connectivity index (χ1n) is 14.9. The Morgan fingerprint density at radius 2 is 1.33 bits per heavy atom. The second-order valence-corrected chi connectivity index (χ2v) is 12.2. The lowest BCUT2D eigenvalue weighted by Crippen LogP contribution is -2.42. The van der Waals surface area contributed by atoms with Crippen molar-refractivity contribution < 1.29 is 14.7 Å². The van der Waals surface area contributed by atoms with Gasteiger partial charge >= 0.3 is 6.09 Å². The summed E-state index contributed by atoms with van der Waals surface area (Å²) in [4.78, 5) is 26.6. The molecule has 0 unspecified atom stereocenters. The Hall–Kier alpha value is -4.38. The fourth-order valence-electron chi connectivity index (χ4n) is 5.80. The maximum Gasteiger partial charge on any atom is 0.407 e. The van der Waals surface area contributed by atoms with Crippen molar-refractivity contribution in [3.05, 3.63) is 120 Å². The molecule has 5 rings (SSSR count). The molecule has 0 heterocycles. The molecule has 1 aliphatic carbocycles. The van der Waals surface area contributed by atoms with E-state index in [0.29, 0.717) is 24.1 Å². The highest BCUT2D eigenvalue weighted by molar-refractivity contribution is 5.95. The molecular formula is C37H40N2O3. The summed E-state index contributed by atoms with van der Waals surface area (Å²) in [6.07, 6.45) is 3.82. The zero-order chi connectivity index (χ0) is 29.5. The van der Waals surface area contributed by atoms with E-state index in [1.54, 1.807) is 4.90 Å². The molecule has 42 heavy (non-hydrogen) atoms. The predicted octanol–water partition coefficient (Wildman–Crippen LogP) is 8.44. The highest BCUT2D eigenvalue weighted by Crippen LogP contribution is 2.37. The monoisotopic (exact) mass is 560 g/mol. The molecule has 0 atom stereocenters. The molecule has 0 spiro atoms. The highest BCUT2D eigenvalue weighted by Gasteiger charge is 2.32. The Labute approximate surface area is 249 Å². The van der Waals surface area contributed by atoms with Crippen molar-refractivity contribution in [3.63, 3.8) is 0 Å². The molecule has 216 valence electrons. The van der Waals surface area contributed by atoms with Gasteiger partial charge in [-0.1, -0.05) is 105 Å². The molecule has 0 saturated heterocycles. The summed E-state index contributed by atoms with van der Waals surface area (Å²) >= 11 is 0. The first-order chi connectivity index (χ1) is 20.3. The third-order valence-electron chi connectivity index (χ3n) is 8.52. The Bertz CT molecular complexity index is 1480. The molecule has 2 amide bonds. The Morgan fingerprint density at radius 3 is 1.98 bits per heavy atom. The summed E-state index contributed by atoms with van der Waals surface area (Å²) in [6, 6.07) is 34.5. The molecule has 0 bridgehead atoms. The van der Waals surface area contributed by atoms with Gasteiger partial charge in [0.1, 0.15) is 0 Å². The van der Waals surface area contributed by atoms with E-state index < -0.39 is 6.09 Å². The van der Waals surface area contributed by atoms with Crippen LogP contribution in [0.2, 0.25) is 0 Å². The summed E-state index contributed by atoms with van der Waals surface area (Å²) < 4.78 is 0. The topological polar surface area (TPSA) is 69.6 Å². The van der Waals surface area contributed by atoms with Crippen molar-refractivity contribution in [2.75, 3.05) is 6.54 Å². The number of nitrogens with zero attached hydrogens (tertiary/aromatic N) is 1. The van der Waals surface area contributed by atoms with Crippen LogP contribution in [0.3, 0.4) is 0 Å². The second-order valence-electron chi connectivity index (χ2n) is 12.2. The van der Waals surface area contributed by atoms with Crippen LogP contribution in [0.25, 0.3) is 22.3 Å². The van der Waals surface area contributed by atoms with Crippen LogP contribution >= 0.6 is 0 Å². The van der Waals surface area contributed by atoms with E-state index in [2.05, 4.69) is 55.6 Å². The van der Waals surface area contributed by atoms with Crippen LogP contribution < -0.4 is 5.32 Å². The fraction of sp³-hybridized carbons (Fsp3) is 0.297. The fourth-order valence-corrected chi connectivity index (χ4v) is 5.80. The lowest BCUT2D eigenvalue weighted by atomic mass is 9.75. The lowest BCUT2D eigenvalue weighted by Gasteiger charge is -2.39. The average Bonchev–Trinajstić information content (AvgIpc) is 3.01. The number of carboxylic acid groups (broad SMARTS) is 1. The normalized spacial score (nSPS) is 14.7. The molecule has 5 nitrogen and oxygen atoms in total. The molecule has 5 heteroatoms. The summed E-state index contributed by atoms with van der Waals surface area (Å²) in [5, 5.41) is 13.0. The van der Waals surface area contributed by atoms with Gasteiger partial charge in [-0.3, -0.25) is 4.79 Å². The standard InChI is InChI=1S/C37H40N2O3/c1-37(2)22-19-34(20-23-37)39(36(41)42)26-28-13-17-31(18-14-28)32-9-6-10-33(25-32)35(40)38-24-21-27-11-15-30(16-12-27)29-7-4-3-5-8-29/h3-18,25,34H,19-24,26H2,1-2H3,(H,38,40)(H,41,42). The molecule has 1 aliphatic rings. The highest BCUT2D eigenvalue weighted by atomic mass is 16.4. The third-order valence-corrected chi connectivity index (χ3v) is 8.52. The minimum atomic E-state index is -0.855. The van der Waals surface area contributed by atoms with Gasteiger partial charge in [0.15, 0.2) is 0 Å². The van der Waals surface area contributed by atoms with Gasteiger partial charge in [-0.2, -0.15) is 0 Å². The van der Waals surface area contributed by atoms with Crippen molar-refractivity contribution >= 4 is 12.0 Å². The van der Waals surface area contributed by atoms with Crippen LogP contribution in [-0.2, 0) is 13.0 Å². The SMILES string of the molecule is CC1(C)CCC(N(Cc2ccc(-c3cccc(C(=O)NCCc4ccc(-c5ccccc5)cc4)c3)cc2)C(=O)O)CC1. The van der Waals surface area contributed by atoms with E-state index in [4.69, 9.17) is 0 Å². The van der Waals surface area contributed by atoms with Crippen LogP contribution in [-0.4, -0.2) is 34.6 Å². The summed E-state index contributed by atoms with van der Waals surface area (Å²) in [7, 11) is 0. The van der Waals surface area contributed by atoms with Crippen molar-refractivity contribution in [3.8, 4) is 22.3 Å². The van der Waals surface area contributed by atoms with Crippen LogP contribution in [0.5, 0.6) is 0 Å². The van der Waals surface area contributed by atoms with E-state index in [0.717, 1.165) is 48.8 Å². The smallest absolute Gasteiger partial charge is 0.407 e. The molecule has 1 saturated carbocycles. The van der Waals surface area contributed by atoms with Crippen LogP contribution in [0.4, 0.5) is 4.79 Å². The molecule has 0 radical (unpaired) electrons. The number of hydrogen-bond acceptors (Lipinski definition) is 2. The first kappa shape index (κ1) is 29.1. The van der Waals surface area contributed by atoms with Gasteiger partial charge in [0.25, 0.3) is 5.91 Å². The number of rotatable bonds is 9. The summed E-state index contributed by atoms with van der Waals surface area (Å²) in [5.74, 6) is -0.0952. The molecule has 0 aliphatic heterocycles. The summed E-state index contributed by atoms with van der Waals surface area (Å²) in [6.45, 7) is 5.47. The van der Waals surface area contributed by atoms with E-state index in [-0.39, 0.29) is 11.9 Å². The minimum Gasteiger partial charge on any atom is -0.465 e. The van der Waals surface area contributed by atoms with Crippen molar-refractivity contribution in [2.45, 2.75) is 58.5 Å². The maximum absolute atomic E-state index is 12.9. The average molecular weight is 561 g/mol. The zero-order valence-corrected chi connectivity index (χ0v) is 24.6. The van der Waals surface area contributed by atoms with E-state index in [9.17, 15) is 14.7 Å².